The number of hydrogen-bond acceptors (Lipinski definition) is 2. The third-order valence-corrected chi connectivity index (χ3v) is 6.15. The third-order valence-electron chi connectivity index (χ3n) is 6.15. The molecular weight excluding hydrogens is 336 g/mol. The van der Waals surface area contributed by atoms with E-state index in [0.29, 0.717) is 13.1 Å². The Morgan fingerprint density at radius 3 is 2.56 bits per heavy atom. The van der Waals surface area contributed by atoms with Gasteiger partial charge in [0.05, 0.1) is 0 Å². The van der Waals surface area contributed by atoms with Gasteiger partial charge in [-0.1, -0.05) is 36.4 Å². The summed E-state index contributed by atoms with van der Waals surface area (Å²) in [5.74, 6) is 0. The highest BCUT2D eigenvalue weighted by Crippen LogP contribution is 2.27. The first-order chi connectivity index (χ1) is 13.1. The summed E-state index contributed by atoms with van der Waals surface area (Å²) in [7, 11) is 0. The van der Waals surface area contributed by atoms with Crippen LogP contribution in [-0.2, 0) is 19.4 Å². The summed E-state index contributed by atoms with van der Waals surface area (Å²) in [6.45, 7) is 5.79. The number of nitrogens with zero attached hydrogens (tertiary/aromatic N) is 2. The van der Waals surface area contributed by atoms with Gasteiger partial charge in [0, 0.05) is 25.7 Å². The zero-order valence-electron chi connectivity index (χ0n) is 16.0. The van der Waals surface area contributed by atoms with Gasteiger partial charge in [-0.2, -0.15) is 0 Å². The van der Waals surface area contributed by atoms with E-state index in [1.807, 2.05) is 0 Å². The van der Waals surface area contributed by atoms with E-state index in [-0.39, 0.29) is 0 Å². The second kappa shape index (κ2) is 7.73. The zero-order valence-corrected chi connectivity index (χ0v) is 16.0. The number of amides is 1. The second-order valence-corrected chi connectivity index (χ2v) is 7.91. The van der Waals surface area contributed by atoms with Crippen LogP contribution in [-0.4, -0.2) is 46.7 Å². The van der Waals surface area contributed by atoms with Crippen LogP contribution >= 0.6 is 0 Å². The van der Waals surface area contributed by atoms with Crippen LogP contribution in [0.1, 0.15) is 36.5 Å². The van der Waals surface area contributed by atoms with E-state index < -0.39 is 6.09 Å². The lowest BCUT2D eigenvalue weighted by Crippen LogP contribution is -2.34. The van der Waals surface area contributed by atoms with E-state index in [1.54, 1.807) is 0 Å². The van der Waals surface area contributed by atoms with Gasteiger partial charge in [-0.15, -0.1) is 0 Å². The number of hydrogen-bond donors (Lipinski definition) is 1. The maximum absolute atomic E-state index is 11.3. The SMILES string of the molecule is CC1CCCN1CCc1ccc(-c2ccc3c(c2)CN(C(=O)O)CC3)cc1. The molecule has 4 heteroatoms. The Labute approximate surface area is 161 Å². The maximum Gasteiger partial charge on any atom is 0.407 e. The number of carbonyl (C=O) groups is 1. The van der Waals surface area contributed by atoms with E-state index in [4.69, 9.17) is 0 Å². The molecule has 4 nitrogen and oxygen atoms in total. The van der Waals surface area contributed by atoms with E-state index in [2.05, 4.69) is 54.3 Å². The van der Waals surface area contributed by atoms with Gasteiger partial charge in [0.25, 0.3) is 0 Å². The number of likely N-dealkylation sites (tertiary alicyclic amines) is 1. The number of carboxylic acid groups (broad SMARTS) is 1. The molecule has 1 atom stereocenters. The van der Waals surface area contributed by atoms with E-state index in [0.717, 1.165) is 31.0 Å². The molecular formula is C23H28N2O2. The van der Waals surface area contributed by atoms with E-state index in [9.17, 15) is 9.90 Å². The summed E-state index contributed by atoms with van der Waals surface area (Å²) in [5, 5.41) is 9.25. The highest BCUT2D eigenvalue weighted by Gasteiger charge is 2.21. The van der Waals surface area contributed by atoms with Crippen LogP contribution in [0.15, 0.2) is 42.5 Å². The van der Waals surface area contributed by atoms with Gasteiger partial charge in [-0.3, -0.25) is 0 Å². The normalized spacial score (nSPS) is 19.9. The Kier molecular flexibility index (Phi) is 5.17. The Hall–Kier alpha value is -2.33. The highest BCUT2D eigenvalue weighted by atomic mass is 16.4. The molecule has 0 bridgehead atoms. The molecule has 4 rings (SSSR count). The van der Waals surface area contributed by atoms with Crippen molar-refractivity contribution < 1.29 is 9.90 Å². The largest absolute Gasteiger partial charge is 0.465 e. The average molecular weight is 364 g/mol. The predicted octanol–water partition coefficient (Wildman–Crippen LogP) is 4.42. The van der Waals surface area contributed by atoms with Crippen molar-refractivity contribution in [1.29, 1.82) is 0 Å². The predicted molar refractivity (Wildman–Crippen MR) is 108 cm³/mol. The number of fused-ring (bicyclic) bond motifs is 1. The molecule has 0 aromatic heterocycles. The molecule has 2 heterocycles. The molecule has 1 N–H and O–H groups in total. The first-order valence-electron chi connectivity index (χ1n) is 10.0. The zero-order chi connectivity index (χ0) is 18.8. The summed E-state index contributed by atoms with van der Waals surface area (Å²) >= 11 is 0. The van der Waals surface area contributed by atoms with E-state index in [1.165, 1.54) is 46.5 Å². The fourth-order valence-corrected chi connectivity index (χ4v) is 4.36. The van der Waals surface area contributed by atoms with Crippen LogP contribution < -0.4 is 0 Å². The fraction of sp³-hybridized carbons (Fsp3) is 0.435. The van der Waals surface area contributed by atoms with Gasteiger partial charge >= 0.3 is 6.09 Å². The summed E-state index contributed by atoms with van der Waals surface area (Å²) in [6, 6.07) is 16.1. The van der Waals surface area contributed by atoms with Crippen molar-refractivity contribution in [3.63, 3.8) is 0 Å². The summed E-state index contributed by atoms with van der Waals surface area (Å²) in [5.41, 5.74) is 6.15. The number of benzene rings is 2. The van der Waals surface area contributed by atoms with Crippen molar-refractivity contribution in [2.75, 3.05) is 19.6 Å². The van der Waals surface area contributed by atoms with Crippen molar-refractivity contribution in [3.8, 4) is 11.1 Å². The topological polar surface area (TPSA) is 43.8 Å². The van der Waals surface area contributed by atoms with Crippen LogP contribution in [0.4, 0.5) is 4.79 Å². The minimum Gasteiger partial charge on any atom is -0.465 e. The standard InChI is InChI=1S/C23H28N2O2/c1-17-3-2-12-24(17)13-10-18-4-6-19(7-5-18)21-9-8-20-11-14-25(23(26)27)16-22(20)15-21/h4-9,15,17H,2-3,10-14,16H2,1H3,(H,26,27). The molecule has 1 unspecified atom stereocenters. The lowest BCUT2D eigenvalue weighted by molar-refractivity contribution is 0.140. The van der Waals surface area contributed by atoms with Crippen LogP contribution in [0.5, 0.6) is 0 Å². The second-order valence-electron chi connectivity index (χ2n) is 7.91. The van der Waals surface area contributed by atoms with Gasteiger partial charge in [-0.05, 0) is 73.0 Å². The minimum absolute atomic E-state index is 0.491. The molecule has 0 aliphatic carbocycles. The smallest absolute Gasteiger partial charge is 0.407 e. The Balaban J connectivity index is 1.44. The van der Waals surface area contributed by atoms with Crippen molar-refractivity contribution in [2.45, 2.75) is 45.2 Å². The molecule has 0 saturated carbocycles. The van der Waals surface area contributed by atoms with Gasteiger partial charge in [0.2, 0.25) is 0 Å². The molecule has 0 spiro atoms. The van der Waals surface area contributed by atoms with Crippen molar-refractivity contribution in [3.05, 3.63) is 59.2 Å². The third kappa shape index (κ3) is 4.01. The Morgan fingerprint density at radius 1 is 1.07 bits per heavy atom. The van der Waals surface area contributed by atoms with E-state index >= 15 is 0 Å². The van der Waals surface area contributed by atoms with Crippen molar-refractivity contribution in [2.24, 2.45) is 0 Å². The van der Waals surface area contributed by atoms with Crippen LogP contribution in [0.3, 0.4) is 0 Å². The molecule has 27 heavy (non-hydrogen) atoms. The summed E-state index contributed by atoms with van der Waals surface area (Å²) < 4.78 is 0. The molecule has 0 radical (unpaired) electrons. The van der Waals surface area contributed by atoms with Gasteiger partial charge in [-0.25, -0.2) is 4.79 Å². The molecule has 2 aliphatic heterocycles. The molecule has 1 fully saturated rings. The lowest BCUT2D eigenvalue weighted by atomic mass is 9.94. The van der Waals surface area contributed by atoms with Crippen LogP contribution in [0, 0.1) is 0 Å². The minimum atomic E-state index is -0.831. The molecule has 2 aromatic carbocycles. The quantitative estimate of drug-likeness (QED) is 0.873. The summed E-state index contributed by atoms with van der Waals surface area (Å²) in [4.78, 5) is 15.3. The highest BCUT2D eigenvalue weighted by molar-refractivity contribution is 5.68. The van der Waals surface area contributed by atoms with Gasteiger partial charge in [0.1, 0.15) is 0 Å². The summed E-state index contributed by atoms with van der Waals surface area (Å²) in [6.07, 6.45) is 3.73. The first-order valence-corrected chi connectivity index (χ1v) is 10.0. The lowest BCUT2D eigenvalue weighted by Gasteiger charge is -2.26. The van der Waals surface area contributed by atoms with Crippen LogP contribution in [0.25, 0.3) is 11.1 Å². The monoisotopic (exact) mass is 364 g/mol. The first kappa shape index (κ1) is 18.1. The molecule has 2 aliphatic rings. The maximum atomic E-state index is 11.3. The van der Waals surface area contributed by atoms with Crippen LogP contribution in [0.2, 0.25) is 0 Å². The molecule has 1 saturated heterocycles. The van der Waals surface area contributed by atoms with Crippen molar-refractivity contribution >= 4 is 6.09 Å². The number of rotatable bonds is 4. The Morgan fingerprint density at radius 2 is 1.85 bits per heavy atom. The fourth-order valence-electron chi connectivity index (χ4n) is 4.36. The molecule has 2 aromatic rings. The molecule has 142 valence electrons. The van der Waals surface area contributed by atoms with Crippen molar-refractivity contribution in [1.82, 2.24) is 9.80 Å². The Bertz CT molecular complexity index is 816. The molecule has 1 amide bonds. The average Bonchev–Trinajstić information content (AvgIpc) is 3.10. The van der Waals surface area contributed by atoms with Gasteiger partial charge < -0.3 is 14.9 Å². The van der Waals surface area contributed by atoms with Gasteiger partial charge in [0.15, 0.2) is 0 Å².